The van der Waals surface area contributed by atoms with E-state index in [1.165, 1.54) is 16.6 Å². The molecule has 0 atom stereocenters. The zero-order chi connectivity index (χ0) is 23.8. The molecule has 4 rings (SSSR count). The number of fused-ring (bicyclic) bond motifs is 1. The number of nitrogens with one attached hydrogen (secondary N) is 1. The van der Waals surface area contributed by atoms with Crippen LogP contribution in [0.5, 0.6) is 0 Å². The largest absolute Gasteiger partial charge is 0.478 e. The normalized spacial score (nSPS) is 15.2. The fourth-order valence-corrected chi connectivity index (χ4v) is 5.50. The number of hydrogen-bond donors (Lipinski definition) is 2. The number of rotatable bonds is 6. The summed E-state index contributed by atoms with van der Waals surface area (Å²) in [6.45, 7) is 5.03. The molecule has 2 heterocycles. The molecule has 1 fully saturated rings. The molecular weight excluding hydrogens is 466 g/mol. The Kier molecular flexibility index (Phi) is 6.58. The van der Waals surface area contributed by atoms with Gasteiger partial charge in [0.2, 0.25) is 10.0 Å². The van der Waals surface area contributed by atoms with Gasteiger partial charge in [0, 0.05) is 35.4 Å². The average Bonchev–Trinajstić information content (AvgIpc) is 2.79. The number of ether oxygens (including phenoxy) is 1. The van der Waals surface area contributed by atoms with Crippen molar-refractivity contribution in [1.29, 1.82) is 0 Å². The molecule has 2 N–H and O–H groups in total. The van der Waals surface area contributed by atoms with Crippen LogP contribution in [0.15, 0.2) is 47.5 Å². The van der Waals surface area contributed by atoms with E-state index in [0.717, 1.165) is 5.56 Å². The first-order chi connectivity index (χ1) is 15.7. The van der Waals surface area contributed by atoms with Gasteiger partial charge in [-0.3, -0.25) is 4.98 Å². The first-order valence-electron chi connectivity index (χ1n) is 10.5. The monoisotopic (exact) mass is 489 g/mol. The maximum atomic E-state index is 13.6. The lowest BCUT2D eigenvalue weighted by Crippen LogP contribution is -2.40. The summed E-state index contributed by atoms with van der Waals surface area (Å²) in [4.78, 5) is 15.9. The summed E-state index contributed by atoms with van der Waals surface area (Å²) in [7, 11) is -3.88. The van der Waals surface area contributed by atoms with Gasteiger partial charge in [0.15, 0.2) is 0 Å². The molecule has 1 aliphatic rings. The van der Waals surface area contributed by atoms with Gasteiger partial charge in [-0.1, -0.05) is 25.4 Å². The number of nitrogens with zero attached hydrogens (tertiary/aromatic N) is 2. The fraction of sp³-hybridized carbons (Fsp3) is 0.304. The summed E-state index contributed by atoms with van der Waals surface area (Å²) >= 11 is 6.25. The second-order valence-electron chi connectivity index (χ2n) is 8.06. The van der Waals surface area contributed by atoms with E-state index in [9.17, 15) is 18.3 Å². The summed E-state index contributed by atoms with van der Waals surface area (Å²) in [5.74, 6) is -1.04. The minimum absolute atomic E-state index is 0.0113. The number of benzene rings is 2. The van der Waals surface area contributed by atoms with Gasteiger partial charge >= 0.3 is 5.97 Å². The van der Waals surface area contributed by atoms with Crippen molar-refractivity contribution < 1.29 is 23.1 Å². The number of morpholine rings is 1. The third-order valence-electron chi connectivity index (χ3n) is 5.56. The first kappa shape index (κ1) is 23.4. The number of hydrogen-bond acceptors (Lipinski definition) is 6. The van der Waals surface area contributed by atoms with Crippen molar-refractivity contribution >= 4 is 49.9 Å². The Balaban J connectivity index is 1.92. The van der Waals surface area contributed by atoms with Gasteiger partial charge in [0.05, 0.1) is 30.0 Å². The highest BCUT2D eigenvalue weighted by Crippen LogP contribution is 2.37. The molecule has 174 valence electrons. The summed E-state index contributed by atoms with van der Waals surface area (Å²) in [5.41, 5.74) is 2.45. The minimum Gasteiger partial charge on any atom is -0.478 e. The van der Waals surface area contributed by atoms with Gasteiger partial charge in [-0.25, -0.2) is 13.2 Å². The number of carboxylic acids is 1. The van der Waals surface area contributed by atoms with Crippen molar-refractivity contribution in [2.75, 3.05) is 31.6 Å². The van der Waals surface area contributed by atoms with Crippen LogP contribution in [0.2, 0.25) is 5.02 Å². The van der Waals surface area contributed by atoms with E-state index < -0.39 is 16.0 Å². The third-order valence-corrected chi connectivity index (χ3v) is 7.71. The molecule has 0 bridgehead atoms. The fourth-order valence-electron chi connectivity index (χ4n) is 3.82. The van der Waals surface area contributed by atoms with E-state index in [2.05, 4.69) is 10.3 Å². The van der Waals surface area contributed by atoms with Crippen LogP contribution in [0.1, 0.15) is 35.7 Å². The summed E-state index contributed by atoms with van der Waals surface area (Å²) < 4.78 is 33.8. The topological polar surface area (TPSA) is 109 Å². The van der Waals surface area contributed by atoms with E-state index in [0.29, 0.717) is 40.5 Å². The lowest BCUT2D eigenvalue weighted by molar-refractivity contribution is 0.0696. The van der Waals surface area contributed by atoms with Crippen molar-refractivity contribution in [3.63, 3.8) is 0 Å². The molecule has 0 aliphatic carbocycles. The maximum absolute atomic E-state index is 13.6. The van der Waals surface area contributed by atoms with Crippen LogP contribution in [0.4, 0.5) is 11.4 Å². The Morgan fingerprint density at radius 3 is 2.58 bits per heavy atom. The highest BCUT2D eigenvalue weighted by atomic mass is 35.5. The number of halogens is 1. The third kappa shape index (κ3) is 4.67. The van der Waals surface area contributed by atoms with Crippen LogP contribution in [0.3, 0.4) is 0 Å². The second kappa shape index (κ2) is 9.26. The van der Waals surface area contributed by atoms with E-state index in [1.807, 2.05) is 13.8 Å². The molecule has 0 saturated carbocycles. The first-order valence-corrected chi connectivity index (χ1v) is 12.3. The standard InChI is InChI=1S/C23H24ClN3O5S/c1-14(2)17-11-15(23(28)29)3-5-20(17)26-22-18-12-16(24)4-6-19(18)25-13-21(22)33(30,31)27-7-9-32-10-8-27/h3-6,11-14H,7-10H2,1-2H3,(H,25,26)(H,28,29). The molecule has 8 nitrogen and oxygen atoms in total. The highest BCUT2D eigenvalue weighted by Gasteiger charge is 2.30. The molecule has 2 aromatic carbocycles. The summed E-state index contributed by atoms with van der Waals surface area (Å²) in [6, 6.07) is 9.83. The molecule has 1 aliphatic heterocycles. The van der Waals surface area contributed by atoms with E-state index in [1.54, 1.807) is 30.3 Å². The van der Waals surface area contributed by atoms with Crippen molar-refractivity contribution in [2.24, 2.45) is 0 Å². The molecule has 3 aromatic rings. The average molecular weight is 490 g/mol. The van der Waals surface area contributed by atoms with Gasteiger partial charge in [0.1, 0.15) is 4.90 Å². The zero-order valence-corrected chi connectivity index (χ0v) is 19.8. The van der Waals surface area contributed by atoms with Crippen LogP contribution in [0.25, 0.3) is 10.9 Å². The van der Waals surface area contributed by atoms with Crippen LogP contribution in [0, 0.1) is 0 Å². The van der Waals surface area contributed by atoms with Crippen LogP contribution in [-0.2, 0) is 14.8 Å². The number of sulfonamides is 1. The van der Waals surface area contributed by atoms with Crippen LogP contribution < -0.4 is 5.32 Å². The van der Waals surface area contributed by atoms with Gasteiger partial charge in [-0.2, -0.15) is 4.31 Å². The van der Waals surface area contributed by atoms with Crippen molar-refractivity contribution in [3.8, 4) is 0 Å². The highest BCUT2D eigenvalue weighted by molar-refractivity contribution is 7.89. The number of anilines is 2. The quantitative estimate of drug-likeness (QED) is 0.525. The molecule has 33 heavy (non-hydrogen) atoms. The predicted octanol–water partition coefficient (Wildman–Crippen LogP) is 4.47. The summed E-state index contributed by atoms with van der Waals surface area (Å²) in [6.07, 6.45) is 1.35. The Bertz CT molecular complexity index is 1320. The predicted molar refractivity (Wildman–Crippen MR) is 127 cm³/mol. The second-order valence-corrected chi connectivity index (χ2v) is 10.4. The molecule has 0 amide bonds. The van der Waals surface area contributed by atoms with Gasteiger partial charge in [-0.05, 0) is 47.9 Å². The molecule has 1 aromatic heterocycles. The minimum atomic E-state index is -3.88. The van der Waals surface area contributed by atoms with E-state index >= 15 is 0 Å². The van der Waals surface area contributed by atoms with Crippen LogP contribution in [-0.4, -0.2) is 55.1 Å². The molecule has 0 spiro atoms. The van der Waals surface area contributed by atoms with Crippen LogP contribution >= 0.6 is 11.6 Å². The Labute approximate surface area is 197 Å². The Morgan fingerprint density at radius 1 is 1.18 bits per heavy atom. The number of aromatic nitrogens is 1. The molecular formula is C23H24ClN3O5S. The van der Waals surface area contributed by atoms with Gasteiger partial charge in [-0.15, -0.1) is 0 Å². The van der Waals surface area contributed by atoms with E-state index in [-0.39, 0.29) is 29.5 Å². The van der Waals surface area contributed by atoms with Crippen molar-refractivity contribution in [2.45, 2.75) is 24.7 Å². The lowest BCUT2D eigenvalue weighted by Gasteiger charge is -2.27. The SMILES string of the molecule is CC(C)c1cc(C(=O)O)ccc1Nc1c(S(=O)(=O)N2CCOCC2)cnc2ccc(Cl)cc12. The lowest BCUT2D eigenvalue weighted by atomic mass is 9.98. The molecule has 1 saturated heterocycles. The van der Waals surface area contributed by atoms with Crippen molar-refractivity contribution in [3.05, 3.63) is 58.7 Å². The number of pyridine rings is 1. The summed E-state index contributed by atoms with van der Waals surface area (Å²) in [5, 5.41) is 13.7. The number of aromatic carboxylic acids is 1. The Hall–Kier alpha value is -2.72. The van der Waals surface area contributed by atoms with E-state index in [4.69, 9.17) is 16.3 Å². The Morgan fingerprint density at radius 2 is 1.91 bits per heavy atom. The van der Waals surface area contributed by atoms with Gasteiger partial charge in [0.25, 0.3) is 0 Å². The smallest absolute Gasteiger partial charge is 0.335 e. The molecule has 0 radical (unpaired) electrons. The number of carboxylic acid groups (broad SMARTS) is 1. The number of carbonyl (C=O) groups is 1. The molecule has 0 unspecified atom stereocenters. The maximum Gasteiger partial charge on any atom is 0.335 e. The van der Waals surface area contributed by atoms with Crippen molar-refractivity contribution in [1.82, 2.24) is 9.29 Å². The zero-order valence-electron chi connectivity index (χ0n) is 18.2. The molecule has 10 heteroatoms. The van der Waals surface area contributed by atoms with Gasteiger partial charge < -0.3 is 15.2 Å².